The first-order valence-electron chi connectivity index (χ1n) is 14.1. The number of carbonyl (C=O) groups is 2. The molecular formula is C31H27FN5O7PS. The van der Waals surface area contributed by atoms with E-state index in [2.05, 4.69) is 20.3 Å². The lowest BCUT2D eigenvalue weighted by Crippen LogP contribution is -2.34. The standard InChI is InChI=1S/C31H27FN5O7PS/c32-24-22(16-23(45(40,41)42)46-21-14-8-3-9-15-21)43-30(26(24)44-31(39)20-12-6-2-7-13-20)37-18-35-25-27(33-17-34-28(25)37)36-29(38)19-10-4-1-5-11-19/h1-15,17-18,22-24,26,30H,16H2,(H2,40,41,42)(H,33,34,36,38)/t22-,23?,24-,26?,30-/m1/s1. The van der Waals surface area contributed by atoms with Crippen LogP contribution in [0.4, 0.5) is 10.2 Å². The molecule has 1 fully saturated rings. The van der Waals surface area contributed by atoms with E-state index >= 15 is 4.39 Å². The molecule has 0 radical (unpaired) electrons. The second kappa shape index (κ2) is 13.5. The third kappa shape index (κ3) is 6.86. The van der Waals surface area contributed by atoms with Crippen molar-refractivity contribution in [3.05, 3.63) is 115 Å². The van der Waals surface area contributed by atoms with Gasteiger partial charge in [0, 0.05) is 16.9 Å². The van der Waals surface area contributed by atoms with Gasteiger partial charge in [0.15, 0.2) is 35.5 Å². The molecule has 3 aromatic carbocycles. The van der Waals surface area contributed by atoms with E-state index in [4.69, 9.17) is 9.47 Å². The predicted molar refractivity (Wildman–Crippen MR) is 167 cm³/mol. The predicted octanol–water partition coefficient (Wildman–Crippen LogP) is 5.23. The van der Waals surface area contributed by atoms with Crippen molar-refractivity contribution < 1.29 is 37.8 Å². The number of esters is 1. The van der Waals surface area contributed by atoms with Gasteiger partial charge in [0.05, 0.1) is 18.0 Å². The van der Waals surface area contributed by atoms with Gasteiger partial charge in [-0.05, 0) is 36.4 Å². The van der Waals surface area contributed by atoms with Crippen molar-refractivity contribution in [2.75, 3.05) is 5.32 Å². The van der Waals surface area contributed by atoms with Crippen LogP contribution in [0.15, 0.2) is 109 Å². The van der Waals surface area contributed by atoms with Crippen molar-refractivity contribution in [1.29, 1.82) is 0 Å². The molecule has 1 aliphatic rings. The number of benzene rings is 3. The van der Waals surface area contributed by atoms with Crippen LogP contribution in [0.5, 0.6) is 0 Å². The molecule has 5 aromatic rings. The van der Waals surface area contributed by atoms with E-state index in [0.717, 1.165) is 11.8 Å². The number of rotatable bonds is 10. The molecule has 1 amide bonds. The zero-order chi connectivity index (χ0) is 32.3. The Morgan fingerprint density at radius 1 is 0.957 bits per heavy atom. The Balaban J connectivity index is 1.32. The summed E-state index contributed by atoms with van der Waals surface area (Å²) < 4.78 is 41.9. The summed E-state index contributed by atoms with van der Waals surface area (Å²) in [5.41, 5.74) is 0.863. The van der Waals surface area contributed by atoms with Gasteiger partial charge in [-0.25, -0.2) is 24.1 Å². The first-order chi connectivity index (χ1) is 22.2. The number of amides is 1. The van der Waals surface area contributed by atoms with Crippen molar-refractivity contribution in [2.45, 2.75) is 40.9 Å². The second-order valence-corrected chi connectivity index (χ2v) is 13.7. The Labute approximate surface area is 266 Å². The molecule has 5 atom stereocenters. The lowest BCUT2D eigenvalue weighted by molar-refractivity contribution is -0.0474. The van der Waals surface area contributed by atoms with Gasteiger partial charge >= 0.3 is 13.6 Å². The van der Waals surface area contributed by atoms with Gasteiger partial charge in [-0.15, -0.1) is 11.8 Å². The summed E-state index contributed by atoms with van der Waals surface area (Å²) in [6.07, 6.45) is -4.17. The highest BCUT2D eigenvalue weighted by molar-refractivity contribution is 8.05. The Bertz CT molecular complexity index is 1880. The molecule has 6 rings (SSSR count). The number of anilines is 1. The fourth-order valence-electron chi connectivity index (χ4n) is 5.01. The molecule has 2 unspecified atom stereocenters. The van der Waals surface area contributed by atoms with Crippen LogP contribution in [0.2, 0.25) is 0 Å². The number of nitrogens with zero attached hydrogens (tertiary/aromatic N) is 4. The molecule has 0 aliphatic carbocycles. The van der Waals surface area contributed by atoms with E-state index in [0.29, 0.717) is 10.5 Å². The highest BCUT2D eigenvalue weighted by Gasteiger charge is 2.51. The van der Waals surface area contributed by atoms with Crippen LogP contribution in [-0.2, 0) is 14.0 Å². The SMILES string of the molecule is O=C(Nc1ncnc2c1ncn2[C@@H]1O[C@H](CC(Sc2ccccc2)P(=O)(O)O)[C@@H](F)C1OC(=O)c1ccccc1)c1ccccc1. The van der Waals surface area contributed by atoms with Crippen LogP contribution < -0.4 is 5.32 Å². The molecule has 2 aromatic heterocycles. The molecule has 12 nitrogen and oxygen atoms in total. The van der Waals surface area contributed by atoms with Crippen LogP contribution in [0.1, 0.15) is 33.4 Å². The van der Waals surface area contributed by atoms with Crippen molar-refractivity contribution in [2.24, 2.45) is 0 Å². The maximum absolute atomic E-state index is 16.3. The van der Waals surface area contributed by atoms with E-state index < -0.39 is 55.5 Å². The van der Waals surface area contributed by atoms with E-state index in [1.807, 2.05) is 0 Å². The molecule has 1 aliphatic heterocycles. The summed E-state index contributed by atoms with van der Waals surface area (Å²) >= 11 is 0.906. The highest BCUT2D eigenvalue weighted by atomic mass is 32.2. The number of nitrogens with one attached hydrogen (secondary N) is 1. The van der Waals surface area contributed by atoms with Crippen LogP contribution >= 0.6 is 19.4 Å². The van der Waals surface area contributed by atoms with E-state index in [9.17, 15) is 23.9 Å². The minimum absolute atomic E-state index is 0.0857. The van der Waals surface area contributed by atoms with Gasteiger partial charge < -0.3 is 24.6 Å². The minimum atomic E-state index is -4.75. The maximum Gasteiger partial charge on any atom is 0.338 e. The third-order valence-electron chi connectivity index (χ3n) is 7.24. The summed E-state index contributed by atoms with van der Waals surface area (Å²) in [6, 6.07) is 25.1. The molecular weight excluding hydrogens is 636 g/mol. The van der Waals surface area contributed by atoms with Crippen LogP contribution in [-0.4, -0.2) is 64.6 Å². The smallest absolute Gasteiger partial charge is 0.338 e. The first kappa shape index (κ1) is 31.5. The monoisotopic (exact) mass is 663 g/mol. The summed E-state index contributed by atoms with van der Waals surface area (Å²) in [6.45, 7) is 0. The van der Waals surface area contributed by atoms with E-state index in [1.54, 1.807) is 78.9 Å². The number of halogens is 1. The number of hydrogen-bond acceptors (Lipinski definition) is 9. The Hall–Kier alpha value is -4.46. The highest BCUT2D eigenvalue weighted by Crippen LogP contribution is 2.53. The third-order valence-corrected chi connectivity index (χ3v) is 10.4. The molecule has 15 heteroatoms. The van der Waals surface area contributed by atoms with Gasteiger partial charge in [0.1, 0.15) is 11.3 Å². The fraction of sp³-hybridized carbons (Fsp3) is 0.194. The van der Waals surface area contributed by atoms with Gasteiger partial charge in [0.25, 0.3) is 5.91 Å². The number of fused-ring (bicyclic) bond motifs is 1. The van der Waals surface area contributed by atoms with Crippen molar-refractivity contribution >= 4 is 48.2 Å². The normalized spacial score (nSPS) is 20.3. The summed E-state index contributed by atoms with van der Waals surface area (Å²) in [5.74, 6) is -1.17. The van der Waals surface area contributed by atoms with Crippen LogP contribution in [0.3, 0.4) is 0 Å². The Kier molecular flexibility index (Phi) is 9.24. The molecule has 46 heavy (non-hydrogen) atoms. The number of alkyl halides is 1. The number of imidazole rings is 1. The number of aromatic nitrogens is 4. The second-order valence-electron chi connectivity index (χ2n) is 10.3. The fourth-order valence-corrected chi connectivity index (χ4v) is 7.32. The molecule has 0 spiro atoms. The topological polar surface area (TPSA) is 166 Å². The van der Waals surface area contributed by atoms with Gasteiger partial charge in [-0.1, -0.05) is 54.6 Å². The maximum atomic E-state index is 16.3. The zero-order valence-corrected chi connectivity index (χ0v) is 25.6. The number of carbonyl (C=O) groups excluding carboxylic acids is 2. The first-order valence-corrected chi connectivity index (χ1v) is 16.6. The number of thioether (sulfide) groups is 1. The Morgan fingerprint density at radius 2 is 1.59 bits per heavy atom. The van der Waals surface area contributed by atoms with Gasteiger partial charge in [0.2, 0.25) is 0 Å². The molecule has 0 saturated carbocycles. The zero-order valence-electron chi connectivity index (χ0n) is 23.9. The number of ether oxygens (including phenoxy) is 2. The average Bonchev–Trinajstić information content (AvgIpc) is 3.63. The molecule has 0 bridgehead atoms. The van der Waals surface area contributed by atoms with Crippen molar-refractivity contribution in [3.63, 3.8) is 0 Å². The lowest BCUT2D eigenvalue weighted by Gasteiger charge is -2.22. The van der Waals surface area contributed by atoms with E-state index in [-0.39, 0.29) is 22.5 Å². The Morgan fingerprint density at radius 3 is 2.24 bits per heavy atom. The summed E-state index contributed by atoms with van der Waals surface area (Å²) in [4.78, 5) is 58.3. The van der Waals surface area contributed by atoms with Crippen LogP contribution in [0.25, 0.3) is 11.2 Å². The van der Waals surface area contributed by atoms with Gasteiger partial charge in [-0.2, -0.15) is 0 Å². The quantitative estimate of drug-likeness (QED) is 0.102. The molecule has 3 N–H and O–H groups in total. The lowest BCUT2D eigenvalue weighted by atomic mass is 10.1. The van der Waals surface area contributed by atoms with Crippen molar-refractivity contribution in [1.82, 2.24) is 19.5 Å². The molecule has 236 valence electrons. The van der Waals surface area contributed by atoms with Gasteiger partial charge in [-0.3, -0.25) is 13.9 Å². The largest absolute Gasteiger partial charge is 0.451 e. The average molecular weight is 664 g/mol. The molecule has 1 saturated heterocycles. The molecule has 3 heterocycles. The number of hydrogen-bond donors (Lipinski definition) is 3. The van der Waals surface area contributed by atoms with Crippen LogP contribution in [0, 0.1) is 0 Å². The summed E-state index contributed by atoms with van der Waals surface area (Å²) in [5, 5.41) is 2.70. The van der Waals surface area contributed by atoms with Crippen molar-refractivity contribution in [3.8, 4) is 0 Å². The summed E-state index contributed by atoms with van der Waals surface area (Å²) in [7, 11) is -4.75. The minimum Gasteiger partial charge on any atom is -0.451 e. The van der Waals surface area contributed by atoms with E-state index in [1.165, 1.54) is 29.4 Å².